The van der Waals surface area contributed by atoms with Crippen LogP contribution < -0.4 is 15.1 Å². The second-order valence-corrected chi connectivity index (χ2v) is 10.3. The normalized spacial score (nSPS) is 18.1. The van der Waals surface area contributed by atoms with Crippen LogP contribution in [0.2, 0.25) is 0 Å². The van der Waals surface area contributed by atoms with E-state index in [0.717, 1.165) is 24.7 Å². The number of nitrogens with zero attached hydrogens (tertiary/aromatic N) is 5. The van der Waals surface area contributed by atoms with E-state index in [0.29, 0.717) is 29.7 Å². The molecule has 0 aliphatic carbocycles. The molecule has 5 rings (SSSR count). The monoisotopic (exact) mass is 492 g/mol. The molecule has 3 heterocycles. The number of hydrogen-bond acceptors (Lipinski definition) is 7. The molecule has 1 saturated heterocycles. The molecule has 1 atom stereocenters. The molecule has 9 nitrogen and oxygen atoms in total. The van der Waals surface area contributed by atoms with E-state index in [9.17, 15) is 9.59 Å². The number of thioether (sulfide) groups is 1. The maximum atomic E-state index is 13.8. The summed E-state index contributed by atoms with van der Waals surface area (Å²) < 4.78 is 7.49. The van der Waals surface area contributed by atoms with Gasteiger partial charge in [0.2, 0.25) is 17.8 Å². The van der Waals surface area contributed by atoms with E-state index >= 15 is 0 Å². The Morgan fingerprint density at radius 2 is 1.74 bits per heavy atom. The van der Waals surface area contributed by atoms with Gasteiger partial charge in [-0.1, -0.05) is 42.1 Å². The third-order valence-electron chi connectivity index (χ3n) is 6.28. The third kappa shape index (κ3) is 4.28. The van der Waals surface area contributed by atoms with Crippen molar-refractivity contribution in [1.82, 2.24) is 14.8 Å². The first-order chi connectivity index (χ1) is 16.9. The van der Waals surface area contributed by atoms with Crippen LogP contribution in [0.4, 0.5) is 17.3 Å². The highest BCUT2D eigenvalue weighted by Crippen LogP contribution is 2.39. The molecule has 10 heteroatoms. The minimum Gasteiger partial charge on any atom is -0.378 e. The topological polar surface area (TPSA) is 92.6 Å². The summed E-state index contributed by atoms with van der Waals surface area (Å²) in [4.78, 5) is 30.4. The molecule has 2 aliphatic heterocycles. The van der Waals surface area contributed by atoms with Crippen LogP contribution >= 0.6 is 11.8 Å². The number of hydrogen-bond donors (Lipinski definition) is 1. The quantitative estimate of drug-likeness (QED) is 0.546. The number of rotatable bonds is 5. The van der Waals surface area contributed by atoms with Gasteiger partial charge in [-0.3, -0.25) is 19.1 Å². The molecule has 1 N–H and O–H groups in total. The van der Waals surface area contributed by atoms with Gasteiger partial charge in [0.25, 0.3) is 0 Å². The molecule has 0 bridgehead atoms. The highest BCUT2D eigenvalue weighted by atomic mass is 32.2. The lowest BCUT2D eigenvalue weighted by atomic mass is 9.96. The number of nitrogens with one attached hydrogen (secondary N) is 1. The second kappa shape index (κ2) is 9.35. The highest BCUT2D eigenvalue weighted by Gasteiger charge is 2.45. The van der Waals surface area contributed by atoms with Crippen molar-refractivity contribution in [2.45, 2.75) is 36.7 Å². The van der Waals surface area contributed by atoms with E-state index in [2.05, 4.69) is 20.4 Å². The van der Waals surface area contributed by atoms with Gasteiger partial charge in [-0.15, -0.1) is 10.2 Å². The van der Waals surface area contributed by atoms with Crippen molar-refractivity contribution < 1.29 is 14.3 Å². The lowest BCUT2D eigenvalue weighted by molar-refractivity contribution is -0.126. The van der Waals surface area contributed by atoms with Crippen LogP contribution in [0.15, 0.2) is 59.8 Å². The third-order valence-corrected chi connectivity index (χ3v) is 7.31. The minimum absolute atomic E-state index is 0.169. The van der Waals surface area contributed by atoms with Crippen LogP contribution in [-0.2, 0) is 14.3 Å². The molecule has 1 unspecified atom stereocenters. The van der Waals surface area contributed by atoms with Crippen LogP contribution in [0.5, 0.6) is 0 Å². The van der Waals surface area contributed by atoms with E-state index in [4.69, 9.17) is 4.74 Å². The van der Waals surface area contributed by atoms with Gasteiger partial charge in [0.15, 0.2) is 5.16 Å². The molecule has 1 fully saturated rings. The van der Waals surface area contributed by atoms with E-state index in [1.54, 1.807) is 24.8 Å². The van der Waals surface area contributed by atoms with E-state index in [1.165, 1.54) is 11.8 Å². The maximum absolute atomic E-state index is 13.8. The second-order valence-electron chi connectivity index (χ2n) is 9.02. The average molecular weight is 493 g/mol. The van der Waals surface area contributed by atoms with E-state index in [-0.39, 0.29) is 11.8 Å². The molecule has 0 radical (unpaired) electrons. The number of anilines is 3. The van der Waals surface area contributed by atoms with Crippen LogP contribution in [0, 0.1) is 0 Å². The number of carbonyl (C=O) groups is 2. The van der Waals surface area contributed by atoms with Crippen molar-refractivity contribution in [3.05, 3.63) is 54.6 Å². The van der Waals surface area contributed by atoms with Gasteiger partial charge >= 0.3 is 0 Å². The Kier molecular flexibility index (Phi) is 6.24. The summed E-state index contributed by atoms with van der Waals surface area (Å²) in [5.41, 5.74) is 1.20. The van der Waals surface area contributed by atoms with Crippen LogP contribution in [0.1, 0.15) is 20.8 Å². The Labute approximate surface area is 208 Å². The molecular formula is C25H28N6O3S. The van der Waals surface area contributed by atoms with Gasteiger partial charge in [-0.05, 0) is 45.0 Å². The van der Waals surface area contributed by atoms with Crippen LogP contribution in [0.25, 0.3) is 5.69 Å². The van der Waals surface area contributed by atoms with Gasteiger partial charge in [0.05, 0.1) is 35.5 Å². The van der Waals surface area contributed by atoms with Crippen molar-refractivity contribution >= 4 is 40.9 Å². The first-order valence-electron chi connectivity index (χ1n) is 11.6. The molecule has 2 aromatic carbocycles. The first kappa shape index (κ1) is 23.4. The molecule has 0 saturated carbocycles. The summed E-state index contributed by atoms with van der Waals surface area (Å²) in [5, 5.41) is 12.0. The fraction of sp³-hybridized carbons (Fsp3) is 0.360. The lowest BCUT2D eigenvalue weighted by Crippen LogP contribution is -2.60. The summed E-state index contributed by atoms with van der Waals surface area (Å²) in [6.07, 6.45) is 0. The van der Waals surface area contributed by atoms with E-state index in [1.807, 2.05) is 60.0 Å². The van der Waals surface area contributed by atoms with Gasteiger partial charge in [0.1, 0.15) is 5.54 Å². The Balaban J connectivity index is 1.48. The summed E-state index contributed by atoms with van der Waals surface area (Å²) in [6.45, 7) is 8.06. The molecule has 3 aromatic rings. The SMILES string of the molecule is CC(Sc1nnc(N2CCOCC2)n1-c1ccccc1)C(=O)N1c2ccccc2NC(=O)C1(C)C. The first-order valence-corrected chi connectivity index (χ1v) is 12.5. The summed E-state index contributed by atoms with van der Waals surface area (Å²) in [6, 6.07) is 17.3. The van der Waals surface area contributed by atoms with Crippen molar-refractivity contribution in [1.29, 1.82) is 0 Å². The summed E-state index contributed by atoms with van der Waals surface area (Å²) in [7, 11) is 0. The smallest absolute Gasteiger partial charge is 0.250 e. The number of para-hydroxylation sites is 3. The Morgan fingerprint density at radius 3 is 2.49 bits per heavy atom. The molecule has 182 valence electrons. The number of benzene rings is 2. The predicted octanol–water partition coefficient (Wildman–Crippen LogP) is 3.35. The zero-order chi connectivity index (χ0) is 24.6. The van der Waals surface area contributed by atoms with Crippen LogP contribution in [0.3, 0.4) is 0 Å². The zero-order valence-electron chi connectivity index (χ0n) is 20.0. The Morgan fingerprint density at radius 1 is 1.06 bits per heavy atom. The standard InChI is InChI=1S/C25H28N6O3S/c1-17(21(32)31-20-12-8-7-11-19(20)26-22(33)25(31,2)3)35-24-28-27-23(29-13-15-34-16-14-29)30(24)18-9-5-4-6-10-18/h4-12,17H,13-16H2,1-3H3,(H,26,33). The van der Waals surface area contributed by atoms with Gasteiger partial charge in [-0.25, -0.2) is 0 Å². The van der Waals surface area contributed by atoms with Gasteiger partial charge < -0.3 is 15.0 Å². The Hall–Kier alpha value is -3.37. The minimum atomic E-state index is -1.04. The summed E-state index contributed by atoms with van der Waals surface area (Å²) >= 11 is 1.34. The number of amides is 2. The van der Waals surface area contributed by atoms with E-state index < -0.39 is 10.8 Å². The number of morpholine rings is 1. The number of carbonyl (C=O) groups excluding carboxylic acids is 2. The zero-order valence-corrected chi connectivity index (χ0v) is 20.8. The number of aromatic nitrogens is 3. The number of fused-ring (bicyclic) bond motifs is 1. The molecule has 35 heavy (non-hydrogen) atoms. The van der Waals surface area contributed by atoms with Crippen molar-refractivity contribution in [2.75, 3.05) is 41.4 Å². The fourth-order valence-electron chi connectivity index (χ4n) is 4.35. The van der Waals surface area contributed by atoms with Gasteiger partial charge in [-0.2, -0.15) is 0 Å². The van der Waals surface area contributed by atoms with Gasteiger partial charge in [0, 0.05) is 13.1 Å². The maximum Gasteiger partial charge on any atom is 0.250 e. The average Bonchev–Trinajstić information content (AvgIpc) is 3.29. The number of ether oxygens (including phenoxy) is 1. The Bertz CT molecular complexity index is 1240. The molecule has 2 amide bonds. The largest absolute Gasteiger partial charge is 0.378 e. The van der Waals surface area contributed by atoms with Crippen molar-refractivity contribution in [3.63, 3.8) is 0 Å². The summed E-state index contributed by atoms with van der Waals surface area (Å²) in [5.74, 6) is 0.339. The van der Waals surface area contributed by atoms with Crippen LogP contribution in [-0.4, -0.2) is 63.7 Å². The van der Waals surface area contributed by atoms with Crippen molar-refractivity contribution in [2.24, 2.45) is 0 Å². The predicted molar refractivity (Wildman–Crippen MR) is 136 cm³/mol. The molecule has 2 aliphatic rings. The lowest BCUT2D eigenvalue weighted by Gasteiger charge is -2.43. The fourth-order valence-corrected chi connectivity index (χ4v) is 5.25. The van der Waals surface area contributed by atoms with Crippen molar-refractivity contribution in [3.8, 4) is 5.69 Å². The molecule has 0 spiro atoms. The molecular weight excluding hydrogens is 464 g/mol. The molecule has 1 aromatic heterocycles. The highest BCUT2D eigenvalue weighted by molar-refractivity contribution is 8.00.